The van der Waals surface area contributed by atoms with Crippen LogP contribution in [0.1, 0.15) is 35.1 Å². The number of amides is 3. The topological polar surface area (TPSA) is 78.5 Å². The molecule has 156 valence electrons. The van der Waals surface area contributed by atoms with E-state index in [1.54, 1.807) is 11.0 Å². The Labute approximate surface area is 177 Å². The largest absolute Gasteiger partial charge is 0.343 e. The Morgan fingerprint density at radius 3 is 2.33 bits per heavy atom. The van der Waals surface area contributed by atoms with Gasteiger partial charge >= 0.3 is 0 Å². The molecule has 0 unspecified atom stereocenters. The van der Waals surface area contributed by atoms with Gasteiger partial charge < -0.3 is 15.5 Å². The summed E-state index contributed by atoms with van der Waals surface area (Å²) in [5, 5.41) is 5.46. The maximum absolute atomic E-state index is 12.2. The first kappa shape index (κ1) is 21.3. The van der Waals surface area contributed by atoms with Crippen molar-refractivity contribution in [3.63, 3.8) is 0 Å². The van der Waals surface area contributed by atoms with Gasteiger partial charge in [-0.15, -0.1) is 0 Å². The molecular weight excluding hydrogens is 378 g/mol. The summed E-state index contributed by atoms with van der Waals surface area (Å²) in [6.45, 7) is 6.55. The summed E-state index contributed by atoms with van der Waals surface area (Å²) in [4.78, 5) is 37.8. The van der Waals surface area contributed by atoms with Gasteiger partial charge in [0.2, 0.25) is 17.7 Å². The van der Waals surface area contributed by atoms with Crippen LogP contribution in [-0.2, 0) is 14.4 Å². The minimum absolute atomic E-state index is 0.105. The lowest BCUT2D eigenvalue weighted by molar-refractivity contribution is -0.121. The third kappa shape index (κ3) is 5.35. The van der Waals surface area contributed by atoms with Crippen LogP contribution in [-0.4, -0.2) is 30.8 Å². The molecule has 0 atom stereocenters. The molecule has 0 bridgehead atoms. The van der Waals surface area contributed by atoms with Crippen LogP contribution in [0.15, 0.2) is 42.5 Å². The molecule has 1 fully saturated rings. The number of rotatable bonds is 6. The number of nitrogens with one attached hydrogen (secondary N) is 2. The van der Waals surface area contributed by atoms with Crippen LogP contribution >= 0.6 is 0 Å². The highest BCUT2D eigenvalue weighted by atomic mass is 16.2. The number of hydrogen-bond acceptors (Lipinski definition) is 3. The Kier molecular flexibility index (Phi) is 6.67. The Hall–Kier alpha value is -3.41. The van der Waals surface area contributed by atoms with Crippen LogP contribution < -0.4 is 15.5 Å². The van der Waals surface area contributed by atoms with Gasteiger partial charge in [-0.25, -0.2) is 0 Å². The molecule has 1 heterocycles. The Bertz CT molecular complexity index is 970. The van der Waals surface area contributed by atoms with Crippen molar-refractivity contribution in [3.05, 3.63) is 64.7 Å². The van der Waals surface area contributed by atoms with Crippen molar-refractivity contribution < 1.29 is 14.4 Å². The van der Waals surface area contributed by atoms with Gasteiger partial charge in [0.15, 0.2) is 0 Å². The molecule has 1 aliphatic rings. The molecule has 0 aliphatic carbocycles. The van der Waals surface area contributed by atoms with Gasteiger partial charge in [-0.05, 0) is 62.1 Å². The predicted octanol–water partition coefficient (Wildman–Crippen LogP) is 3.51. The summed E-state index contributed by atoms with van der Waals surface area (Å²) in [5.74, 6) is -0.472. The van der Waals surface area contributed by atoms with Crippen LogP contribution in [0.2, 0.25) is 0 Å². The van der Waals surface area contributed by atoms with Crippen molar-refractivity contribution in [2.75, 3.05) is 23.3 Å². The van der Waals surface area contributed by atoms with E-state index in [-0.39, 0.29) is 24.3 Å². The zero-order valence-electron chi connectivity index (χ0n) is 17.6. The van der Waals surface area contributed by atoms with Gasteiger partial charge in [0.1, 0.15) is 0 Å². The third-order valence-electron chi connectivity index (χ3n) is 5.07. The fourth-order valence-corrected chi connectivity index (χ4v) is 3.65. The third-order valence-corrected chi connectivity index (χ3v) is 5.07. The first-order valence-corrected chi connectivity index (χ1v) is 10.1. The Morgan fingerprint density at radius 1 is 1.07 bits per heavy atom. The molecule has 0 saturated carbocycles. The average molecular weight is 405 g/mol. The van der Waals surface area contributed by atoms with E-state index in [1.807, 2.05) is 57.2 Å². The van der Waals surface area contributed by atoms with Gasteiger partial charge in [0.25, 0.3) is 0 Å². The van der Waals surface area contributed by atoms with Gasteiger partial charge in [-0.1, -0.05) is 29.8 Å². The molecule has 6 nitrogen and oxygen atoms in total. The molecule has 2 aromatic carbocycles. The zero-order chi connectivity index (χ0) is 21.7. The quantitative estimate of drug-likeness (QED) is 0.722. The lowest BCUT2D eigenvalue weighted by Gasteiger charge is -2.15. The fraction of sp³-hybridized carbons (Fsp3) is 0.292. The van der Waals surface area contributed by atoms with Crippen molar-refractivity contribution in [3.8, 4) is 0 Å². The fourth-order valence-electron chi connectivity index (χ4n) is 3.65. The lowest BCUT2D eigenvalue weighted by atomic mass is 10.1. The molecule has 6 heteroatoms. The van der Waals surface area contributed by atoms with E-state index in [4.69, 9.17) is 0 Å². The zero-order valence-corrected chi connectivity index (χ0v) is 17.6. The monoisotopic (exact) mass is 405 g/mol. The molecule has 2 aromatic rings. The number of nitrogens with zero attached hydrogens (tertiary/aromatic N) is 1. The van der Waals surface area contributed by atoms with Crippen LogP contribution in [0.4, 0.5) is 11.4 Å². The first-order chi connectivity index (χ1) is 14.3. The molecule has 1 saturated heterocycles. The molecule has 30 heavy (non-hydrogen) atoms. The Morgan fingerprint density at radius 2 is 1.73 bits per heavy atom. The minimum atomic E-state index is -0.346. The van der Waals surface area contributed by atoms with E-state index in [2.05, 4.69) is 10.6 Å². The van der Waals surface area contributed by atoms with E-state index < -0.39 is 0 Å². The van der Waals surface area contributed by atoms with Gasteiger partial charge in [0, 0.05) is 30.4 Å². The number of carbonyl (C=O) groups is 3. The first-order valence-electron chi connectivity index (χ1n) is 10.1. The second-order valence-electron chi connectivity index (χ2n) is 7.61. The number of carbonyl (C=O) groups excluding carboxylic acids is 3. The summed E-state index contributed by atoms with van der Waals surface area (Å²) in [6, 6.07) is 11.5. The molecule has 0 radical (unpaired) electrons. The summed E-state index contributed by atoms with van der Waals surface area (Å²) >= 11 is 0. The van der Waals surface area contributed by atoms with Gasteiger partial charge in [-0.3, -0.25) is 14.4 Å². The number of aryl methyl sites for hydroxylation is 3. The molecule has 1 aliphatic heterocycles. The molecule has 2 N–H and O–H groups in total. The number of anilines is 2. The standard InChI is InChI=1S/C24H27N3O3/c1-16-13-17(2)24(18(3)14-16)26-22(29)15-25-21(28)11-8-19-6-9-20(10-7-19)27-12-4-5-23(27)30/h6-11,13-14H,4-5,12,15H2,1-3H3,(H,25,28)(H,26,29)/b11-8+. The summed E-state index contributed by atoms with van der Waals surface area (Å²) in [6.07, 6.45) is 4.55. The second-order valence-corrected chi connectivity index (χ2v) is 7.61. The van der Waals surface area contributed by atoms with Crippen LogP contribution in [0, 0.1) is 20.8 Å². The number of benzene rings is 2. The predicted molar refractivity (Wildman–Crippen MR) is 119 cm³/mol. The van der Waals surface area contributed by atoms with Crippen molar-refractivity contribution in [1.82, 2.24) is 5.32 Å². The Balaban J connectivity index is 1.50. The normalized spacial score (nSPS) is 13.7. The molecule has 3 amide bonds. The molecule has 0 spiro atoms. The molecule has 0 aromatic heterocycles. The maximum atomic E-state index is 12.2. The van der Waals surface area contributed by atoms with Crippen molar-refractivity contribution in [2.24, 2.45) is 0 Å². The smallest absolute Gasteiger partial charge is 0.244 e. The average Bonchev–Trinajstić information content (AvgIpc) is 3.14. The van der Waals surface area contributed by atoms with Gasteiger partial charge in [0.05, 0.1) is 6.54 Å². The van der Waals surface area contributed by atoms with Crippen LogP contribution in [0.3, 0.4) is 0 Å². The molecular formula is C24H27N3O3. The number of hydrogen-bond donors (Lipinski definition) is 2. The van der Waals surface area contributed by atoms with Gasteiger partial charge in [-0.2, -0.15) is 0 Å². The highest BCUT2D eigenvalue weighted by molar-refractivity contribution is 5.99. The van der Waals surface area contributed by atoms with E-state index in [1.165, 1.54) is 6.08 Å². The summed E-state index contributed by atoms with van der Waals surface area (Å²) in [7, 11) is 0. The summed E-state index contributed by atoms with van der Waals surface area (Å²) < 4.78 is 0. The summed E-state index contributed by atoms with van der Waals surface area (Å²) in [5.41, 5.74) is 5.62. The van der Waals surface area contributed by atoms with E-state index in [9.17, 15) is 14.4 Å². The second kappa shape index (κ2) is 9.39. The van der Waals surface area contributed by atoms with Crippen LogP contribution in [0.25, 0.3) is 6.08 Å². The van der Waals surface area contributed by atoms with E-state index in [0.717, 1.165) is 46.6 Å². The van der Waals surface area contributed by atoms with E-state index >= 15 is 0 Å². The highest BCUT2D eigenvalue weighted by Gasteiger charge is 2.21. The van der Waals surface area contributed by atoms with Crippen molar-refractivity contribution in [1.29, 1.82) is 0 Å². The molecule has 3 rings (SSSR count). The SMILES string of the molecule is Cc1cc(C)c(NC(=O)CNC(=O)/C=C/c2ccc(N3CCCC3=O)cc2)c(C)c1. The lowest BCUT2D eigenvalue weighted by Crippen LogP contribution is -2.32. The van der Waals surface area contributed by atoms with Crippen LogP contribution in [0.5, 0.6) is 0 Å². The minimum Gasteiger partial charge on any atom is -0.343 e. The maximum Gasteiger partial charge on any atom is 0.244 e. The van der Waals surface area contributed by atoms with Crippen molar-refractivity contribution >= 4 is 35.2 Å². The highest BCUT2D eigenvalue weighted by Crippen LogP contribution is 2.22. The van der Waals surface area contributed by atoms with Crippen molar-refractivity contribution in [2.45, 2.75) is 33.6 Å². The van der Waals surface area contributed by atoms with E-state index in [0.29, 0.717) is 6.42 Å².